The van der Waals surface area contributed by atoms with Crippen molar-refractivity contribution in [2.45, 2.75) is 84.7 Å². The number of hydrogen-bond donors (Lipinski definition) is 0. The Labute approximate surface area is 205 Å². The zero-order chi connectivity index (χ0) is 25.2. The lowest BCUT2D eigenvalue weighted by Gasteiger charge is -2.68. The summed E-state index contributed by atoms with van der Waals surface area (Å²) in [5.74, 6) is -0.603. The molecule has 1 spiro atoms. The summed E-state index contributed by atoms with van der Waals surface area (Å²) in [4.78, 5) is 38.6. The van der Waals surface area contributed by atoms with Gasteiger partial charge in [0.15, 0.2) is 11.9 Å². The van der Waals surface area contributed by atoms with Gasteiger partial charge in [-0.05, 0) is 48.7 Å². The molecule has 0 bridgehead atoms. The summed E-state index contributed by atoms with van der Waals surface area (Å²) < 4.78 is 24.0. The number of esters is 2. The van der Waals surface area contributed by atoms with Gasteiger partial charge in [-0.25, -0.2) is 4.79 Å². The van der Waals surface area contributed by atoms with Crippen LogP contribution in [0.25, 0.3) is 0 Å². The molecule has 1 aromatic rings. The Kier molecular flexibility index (Phi) is 4.38. The third kappa shape index (κ3) is 2.48. The summed E-state index contributed by atoms with van der Waals surface area (Å²) in [5.41, 5.74) is -2.15. The molecule has 4 fully saturated rings. The van der Waals surface area contributed by atoms with E-state index in [1.165, 1.54) is 6.92 Å². The normalized spacial score (nSPS) is 49.1. The van der Waals surface area contributed by atoms with Crippen molar-refractivity contribution in [2.24, 2.45) is 33.5 Å². The smallest absolute Gasteiger partial charge is 0.339 e. The fraction of sp³-hybridized carbons (Fsp3) is 0.679. The number of cyclic esters (lactones) is 1. The Hall–Kier alpha value is -2.41. The number of carbonyl (C=O) groups is 3. The first-order valence-electron chi connectivity index (χ1n) is 12.7. The standard InChI is InChI=1S/C28H34O7/c1-15(29)33-20-13-18-24(2,3)19(30)8-10-25(18,4)17-7-11-26(5)21(16-9-12-32-14-16)34-23(31)22-28(26,35-22)27(17,20)6/h8-10,12,14,17-18,20-22H,7,11,13H2,1-6H3/t17-,18+,20-,21-,22+,25-,26-,27+,28+/m1/s1. The Balaban J connectivity index is 1.55. The van der Waals surface area contributed by atoms with Crippen molar-refractivity contribution in [3.63, 3.8) is 0 Å². The maximum atomic E-state index is 13.2. The van der Waals surface area contributed by atoms with E-state index in [4.69, 9.17) is 18.6 Å². The van der Waals surface area contributed by atoms with E-state index >= 15 is 0 Å². The van der Waals surface area contributed by atoms with E-state index < -0.39 is 40.2 Å². The second-order valence-electron chi connectivity index (χ2n) is 12.6. The average molecular weight is 483 g/mol. The van der Waals surface area contributed by atoms with Crippen molar-refractivity contribution in [3.8, 4) is 0 Å². The molecule has 0 amide bonds. The molecule has 35 heavy (non-hydrogen) atoms. The van der Waals surface area contributed by atoms with Crippen LogP contribution in [-0.4, -0.2) is 35.5 Å². The van der Waals surface area contributed by atoms with Gasteiger partial charge in [0.2, 0.25) is 0 Å². The fourth-order valence-electron chi connectivity index (χ4n) is 9.20. The molecule has 7 nitrogen and oxygen atoms in total. The first kappa shape index (κ1) is 23.0. The quantitative estimate of drug-likeness (QED) is 0.450. The van der Waals surface area contributed by atoms with Gasteiger partial charge < -0.3 is 18.6 Å². The molecule has 5 aliphatic rings. The summed E-state index contributed by atoms with van der Waals surface area (Å²) in [7, 11) is 0. The summed E-state index contributed by atoms with van der Waals surface area (Å²) >= 11 is 0. The molecule has 1 aromatic heterocycles. The summed E-state index contributed by atoms with van der Waals surface area (Å²) in [5, 5.41) is 0. The minimum Gasteiger partial charge on any atom is -0.472 e. The van der Waals surface area contributed by atoms with Gasteiger partial charge >= 0.3 is 11.9 Å². The number of ether oxygens (including phenoxy) is 3. The summed E-state index contributed by atoms with van der Waals surface area (Å²) in [6.07, 6.45) is 7.46. The SMILES string of the molecule is CC(=O)O[C@@H]1C[C@H]2C(C)(C)C(=O)C=C[C@]2(C)[C@H]2CC[C@]3(C)[C@@H](c4ccoc4)OC(=O)[C@@H]4O[C@@]43[C@@]21C. The van der Waals surface area contributed by atoms with E-state index in [0.717, 1.165) is 18.4 Å². The van der Waals surface area contributed by atoms with E-state index in [1.807, 2.05) is 19.9 Å². The highest BCUT2D eigenvalue weighted by Gasteiger charge is 2.88. The minimum absolute atomic E-state index is 0.00639. The number of epoxide rings is 1. The third-order valence-corrected chi connectivity index (χ3v) is 10.8. The lowest BCUT2D eigenvalue weighted by Crippen LogP contribution is -2.72. The molecule has 2 aliphatic heterocycles. The van der Waals surface area contributed by atoms with Gasteiger partial charge in [0.1, 0.15) is 17.8 Å². The Morgan fingerprint density at radius 2 is 1.83 bits per heavy atom. The number of hydrogen-bond acceptors (Lipinski definition) is 7. The van der Waals surface area contributed by atoms with Gasteiger partial charge in [-0.2, -0.15) is 0 Å². The van der Waals surface area contributed by atoms with Crippen molar-refractivity contribution in [3.05, 3.63) is 36.3 Å². The highest BCUT2D eigenvalue weighted by Crippen LogP contribution is 2.79. The van der Waals surface area contributed by atoms with Crippen LogP contribution in [0.2, 0.25) is 0 Å². The molecule has 188 valence electrons. The predicted molar refractivity (Wildman–Crippen MR) is 124 cm³/mol. The maximum Gasteiger partial charge on any atom is 0.339 e. The molecule has 2 saturated carbocycles. The van der Waals surface area contributed by atoms with Crippen molar-refractivity contribution in [1.29, 1.82) is 0 Å². The Morgan fingerprint density at radius 3 is 2.49 bits per heavy atom. The van der Waals surface area contributed by atoms with Crippen LogP contribution < -0.4 is 0 Å². The molecule has 0 aromatic carbocycles. The van der Waals surface area contributed by atoms with Crippen LogP contribution in [0.1, 0.15) is 72.5 Å². The number of allylic oxidation sites excluding steroid dienone is 2. The van der Waals surface area contributed by atoms with E-state index in [9.17, 15) is 14.4 Å². The fourth-order valence-corrected chi connectivity index (χ4v) is 9.20. The van der Waals surface area contributed by atoms with Crippen molar-refractivity contribution in [1.82, 2.24) is 0 Å². The third-order valence-electron chi connectivity index (χ3n) is 10.8. The van der Waals surface area contributed by atoms with Gasteiger partial charge in [0, 0.05) is 28.7 Å². The number of fused-ring (bicyclic) bond motifs is 3. The van der Waals surface area contributed by atoms with Crippen molar-refractivity contribution < 1.29 is 33.0 Å². The summed E-state index contributed by atoms with van der Waals surface area (Å²) in [6.45, 7) is 12.0. The molecule has 2 saturated heterocycles. The topological polar surface area (TPSA) is 95.3 Å². The van der Waals surface area contributed by atoms with Crippen LogP contribution in [0.4, 0.5) is 0 Å². The Bertz CT molecular complexity index is 1150. The largest absolute Gasteiger partial charge is 0.472 e. The van der Waals surface area contributed by atoms with Gasteiger partial charge in [-0.15, -0.1) is 0 Å². The average Bonchev–Trinajstić information content (AvgIpc) is 3.35. The lowest BCUT2D eigenvalue weighted by atomic mass is 9.35. The second kappa shape index (κ2) is 6.67. The molecule has 3 aliphatic carbocycles. The van der Waals surface area contributed by atoms with Crippen molar-refractivity contribution in [2.75, 3.05) is 0 Å². The number of carbonyl (C=O) groups excluding carboxylic acids is 3. The minimum atomic E-state index is -0.853. The predicted octanol–water partition coefficient (Wildman–Crippen LogP) is 4.56. The molecule has 0 radical (unpaired) electrons. The highest BCUT2D eigenvalue weighted by molar-refractivity contribution is 5.95. The molecule has 7 heteroatoms. The summed E-state index contributed by atoms with van der Waals surface area (Å²) in [6, 6.07) is 1.84. The molecule has 3 heterocycles. The number of rotatable bonds is 2. The van der Waals surface area contributed by atoms with Crippen LogP contribution in [0.5, 0.6) is 0 Å². The number of furan rings is 1. The zero-order valence-electron chi connectivity index (χ0n) is 21.3. The lowest BCUT2D eigenvalue weighted by molar-refractivity contribution is -0.251. The van der Waals surface area contributed by atoms with Crippen molar-refractivity contribution >= 4 is 17.7 Å². The van der Waals surface area contributed by atoms with Gasteiger partial charge in [0.25, 0.3) is 0 Å². The van der Waals surface area contributed by atoms with Gasteiger partial charge in [-0.1, -0.05) is 40.7 Å². The monoisotopic (exact) mass is 482 g/mol. The maximum absolute atomic E-state index is 13.2. The second-order valence-corrected chi connectivity index (χ2v) is 12.6. The molecular formula is C28H34O7. The van der Waals surface area contributed by atoms with Crippen LogP contribution >= 0.6 is 0 Å². The Morgan fingerprint density at radius 1 is 1.09 bits per heavy atom. The van der Waals surface area contributed by atoms with E-state index in [2.05, 4.69) is 26.8 Å². The van der Waals surface area contributed by atoms with Crippen LogP contribution in [-0.2, 0) is 28.6 Å². The van der Waals surface area contributed by atoms with E-state index in [0.29, 0.717) is 6.42 Å². The van der Waals surface area contributed by atoms with Gasteiger partial charge in [-0.3, -0.25) is 9.59 Å². The molecule has 6 rings (SSSR count). The zero-order valence-corrected chi connectivity index (χ0v) is 21.3. The molecule has 0 unspecified atom stereocenters. The van der Waals surface area contributed by atoms with Crippen LogP contribution in [0.3, 0.4) is 0 Å². The van der Waals surface area contributed by atoms with Crippen LogP contribution in [0.15, 0.2) is 35.2 Å². The van der Waals surface area contributed by atoms with E-state index in [-0.39, 0.29) is 35.0 Å². The van der Waals surface area contributed by atoms with E-state index in [1.54, 1.807) is 18.6 Å². The highest BCUT2D eigenvalue weighted by atomic mass is 16.7. The van der Waals surface area contributed by atoms with Crippen LogP contribution in [0, 0.1) is 33.5 Å². The van der Waals surface area contributed by atoms with Gasteiger partial charge in [0.05, 0.1) is 12.5 Å². The first-order valence-corrected chi connectivity index (χ1v) is 12.7. The molecule has 9 atom stereocenters. The number of ketones is 1. The molecular weight excluding hydrogens is 448 g/mol. The first-order chi connectivity index (χ1) is 16.3. The molecule has 0 N–H and O–H groups in total.